The van der Waals surface area contributed by atoms with E-state index in [0.717, 1.165) is 10.0 Å². The number of likely N-dealkylation sites (N-methyl/N-ethyl adjacent to an activating group) is 1. The third kappa shape index (κ3) is 4.97. The van der Waals surface area contributed by atoms with E-state index in [1.807, 2.05) is 24.3 Å². The van der Waals surface area contributed by atoms with E-state index in [1.165, 1.54) is 22.1 Å². The number of carbonyl (C=O) groups excluding carboxylic acids is 2. The first-order valence-electron chi connectivity index (χ1n) is 7.96. The molecule has 0 atom stereocenters. The number of carbonyl (C=O) groups is 2. The Kier molecular flexibility index (Phi) is 5.60. The van der Waals surface area contributed by atoms with E-state index in [0.29, 0.717) is 6.54 Å². The number of rotatable bonds is 6. The molecule has 0 bridgehead atoms. The molecule has 0 unspecified atom stereocenters. The summed E-state index contributed by atoms with van der Waals surface area (Å²) in [5.41, 5.74) is 1.13. The molecule has 2 amide bonds. The van der Waals surface area contributed by atoms with Gasteiger partial charge in [-0.15, -0.1) is 10.2 Å². The number of hydrogen-bond donors (Lipinski definition) is 1. The lowest BCUT2D eigenvalue weighted by molar-refractivity contribution is -0.129. The molecule has 0 aliphatic rings. The lowest BCUT2D eigenvalue weighted by Crippen LogP contribution is -2.26. The van der Waals surface area contributed by atoms with Gasteiger partial charge in [-0.25, -0.2) is 14.3 Å². The van der Waals surface area contributed by atoms with Gasteiger partial charge in [0.15, 0.2) is 5.69 Å². The van der Waals surface area contributed by atoms with Crippen molar-refractivity contribution in [2.75, 3.05) is 19.4 Å². The van der Waals surface area contributed by atoms with Crippen LogP contribution in [-0.4, -0.2) is 60.6 Å². The molecule has 1 N–H and O–H groups in total. The highest BCUT2D eigenvalue weighted by atomic mass is 79.9. The van der Waals surface area contributed by atoms with Crippen molar-refractivity contribution >= 4 is 33.7 Å². The van der Waals surface area contributed by atoms with Crippen LogP contribution >= 0.6 is 15.9 Å². The Morgan fingerprint density at radius 2 is 1.93 bits per heavy atom. The van der Waals surface area contributed by atoms with Gasteiger partial charge in [-0.2, -0.15) is 0 Å². The molecule has 10 nitrogen and oxygen atoms in total. The Morgan fingerprint density at radius 1 is 1.19 bits per heavy atom. The summed E-state index contributed by atoms with van der Waals surface area (Å²) in [4.78, 5) is 29.4. The van der Waals surface area contributed by atoms with Gasteiger partial charge in [0.05, 0.1) is 12.7 Å². The van der Waals surface area contributed by atoms with Crippen LogP contribution in [0.3, 0.4) is 0 Å². The summed E-state index contributed by atoms with van der Waals surface area (Å²) in [6.45, 7) is 0.534. The van der Waals surface area contributed by atoms with Crippen molar-refractivity contribution in [2.45, 2.75) is 13.1 Å². The molecule has 140 valence electrons. The average Bonchev–Trinajstić information content (AvgIpc) is 3.26. The fourth-order valence-corrected chi connectivity index (χ4v) is 2.39. The van der Waals surface area contributed by atoms with Crippen LogP contribution in [0.2, 0.25) is 0 Å². The van der Waals surface area contributed by atoms with Gasteiger partial charge < -0.3 is 4.90 Å². The van der Waals surface area contributed by atoms with Crippen molar-refractivity contribution in [1.82, 2.24) is 34.7 Å². The molecule has 0 radical (unpaired) electrons. The highest BCUT2D eigenvalue weighted by Gasteiger charge is 2.15. The molecule has 27 heavy (non-hydrogen) atoms. The van der Waals surface area contributed by atoms with Gasteiger partial charge in [-0.1, -0.05) is 33.3 Å². The van der Waals surface area contributed by atoms with E-state index in [4.69, 9.17) is 0 Å². The van der Waals surface area contributed by atoms with Crippen LogP contribution in [0.25, 0.3) is 0 Å². The summed E-state index contributed by atoms with van der Waals surface area (Å²) in [7, 11) is 3.28. The minimum Gasteiger partial charge on any atom is -0.347 e. The van der Waals surface area contributed by atoms with Crippen LogP contribution in [0.15, 0.2) is 41.3 Å². The number of hydrogen-bond acceptors (Lipinski definition) is 6. The van der Waals surface area contributed by atoms with Gasteiger partial charge in [0, 0.05) is 18.6 Å². The molecule has 2 aromatic heterocycles. The average molecular weight is 433 g/mol. The molecule has 0 aliphatic heterocycles. The first-order chi connectivity index (χ1) is 12.9. The third-order valence-electron chi connectivity index (χ3n) is 3.59. The Morgan fingerprint density at radius 3 is 2.63 bits per heavy atom. The van der Waals surface area contributed by atoms with Gasteiger partial charge in [0.25, 0.3) is 5.91 Å². The predicted octanol–water partition coefficient (Wildman–Crippen LogP) is 1.02. The molecule has 3 rings (SSSR count). The predicted molar refractivity (Wildman–Crippen MR) is 99.9 cm³/mol. The zero-order valence-corrected chi connectivity index (χ0v) is 16.3. The second-order valence-electron chi connectivity index (χ2n) is 5.94. The van der Waals surface area contributed by atoms with Gasteiger partial charge in [0.2, 0.25) is 11.9 Å². The Labute approximate surface area is 163 Å². The van der Waals surface area contributed by atoms with E-state index in [2.05, 4.69) is 41.6 Å². The monoisotopic (exact) mass is 432 g/mol. The van der Waals surface area contributed by atoms with Gasteiger partial charge in [-0.3, -0.25) is 14.9 Å². The lowest BCUT2D eigenvalue weighted by atomic mass is 10.2. The van der Waals surface area contributed by atoms with Crippen LogP contribution in [0.1, 0.15) is 16.1 Å². The number of nitrogens with zero attached hydrogens (tertiary/aromatic N) is 7. The van der Waals surface area contributed by atoms with Gasteiger partial charge >= 0.3 is 0 Å². The number of benzene rings is 1. The molecule has 0 aliphatic carbocycles. The molecular weight excluding hydrogens is 416 g/mol. The summed E-state index contributed by atoms with van der Waals surface area (Å²) in [5, 5.41) is 14.3. The SMILES string of the molecule is CN(C)C(=O)Cn1cc(C(=O)Nc2ncn(Cc3ccc(Br)cc3)n2)nn1. The second-order valence-corrected chi connectivity index (χ2v) is 6.85. The highest BCUT2D eigenvalue weighted by molar-refractivity contribution is 9.10. The summed E-state index contributed by atoms with van der Waals surface area (Å²) in [6, 6.07) is 7.83. The van der Waals surface area contributed by atoms with Crippen molar-refractivity contribution < 1.29 is 9.59 Å². The number of aromatic nitrogens is 6. The molecule has 11 heteroatoms. The van der Waals surface area contributed by atoms with Gasteiger partial charge in [-0.05, 0) is 17.7 Å². The summed E-state index contributed by atoms with van der Waals surface area (Å²) in [6.07, 6.45) is 2.93. The molecule has 0 fully saturated rings. The molecule has 0 saturated carbocycles. The molecule has 0 spiro atoms. The number of nitrogens with one attached hydrogen (secondary N) is 1. The second kappa shape index (κ2) is 8.08. The summed E-state index contributed by atoms with van der Waals surface area (Å²) >= 11 is 3.39. The number of halogens is 1. The fourth-order valence-electron chi connectivity index (χ4n) is 2.13. The first kappa shape index (κ1) is 18.7. The Hall–Kier alpha value is -3.08. The maximum Gasteiger partial charge on any atom is 0.280 e. The van der Waals surface area contributed by atoms with E-state index in [-0.39, 0.29) is 24.1 Å². The van der Waals surface area contributed by atoms with Crippen molar-refractivity contribution in [1.29, 1.82) is 0 Å². The summed E-state index contributed by atoms with van der Waals surface area (Å²) < 4.78 is 3.92. The van der Waals surface area contributed by atoms with E-state index in [9.17, 15) is 9.59 Å². The van der Waals surface area contributed by atoms with Crippen LogP contribution in [0, 0.1) is 0 Å². The Balaban J connectivity index is 1.60. The lowest BCUT2D eigenvalue weighted by Gasteiger charge is -2.08. The highest BCUT2D eigenvalue weighted by Crippen LogP contribution is 2.11. The molecule has 3 aromatic rings. The topological polar surface area (TPSA) is 111 Å². The zero-order valence-electron chi connectivity index (χ0n) is 14.7. The Bertz CT molecular complexity index is 947. The van der Waals surface area contributed by atoms with Crippen LogP contribution < -0.4 is 5.32 Å². The number of anilines is 1. The quantitative estimate of drug-likeness (QED) is 0.622. The maximum absolute atomic E-state index is 12.2. The first-order valence-corrected chi connectivity index (χ1v) is 8.75. The molecule has 2 heterocycles. The molecule has 1 aromatic carbocycles. The van der Waals surface area contributed by atoms with Crippen molar-refractivity contribution in [3.8, 4) is 0 Å². The minimum absolute atomic E-state index is 0.00729. The molecule has 0 saturated heterocycles. The largest absolute Gasteiger partial charge is 0.347 e. The minimum atomic E-state index is -0.500. The van der Waals surface area contributed by atoms with Gasteiger partial charge in [0.1, 0.15) is 12.9 Å². The van der Waals surface area contributed by atoms with Crippen molar-refractivity contribution in [3.05, 3.63) is 52.5 Å². The number of amides is 2. The smallest absolute Gasteiger partial charge is 0.280 e. The zero-order chi connectivity index (χ0) is 19.4. The van der Waals surface area contributed by atoms with Crippen molar-refractivity contribution in [3.63, 3.8) is 0 Å². The van der Waals surface area contributed by atoms with Crippen LogP contribution in [-0.2, 0) is 17.9 Å². The normalized spacial score (nSPS) is 10.6. The van der Waals surface area contributed by atoms with E-state index in [1.54, 1.807) is 18.8 Å². The fraction of sp³-hybridized carbons (Fsp3) is 0.250. The van der Waals surface area contributed by atoms with Crippen molar-refractivity contribution in [2.24, 2.45) is 0 Å². The maximum atomic E-state index is 12.2. The standard InChI is InChI=1S/C16H17BrN8O2/c1-23(2)14(26)9-24-8-13(20-22-24)15(27)19-16-18-10-25(21-16)7-11-3-5-12(17)6-4-11/h3-6,8,10H,7,9H2,1-2H3,(H,19,21,27). The van der Waals surface area contributed by atoms with Crippen LogP contribution in [0.5, 0.6) is 0 Å². The van der Waals surface area contributed by atoms with Crippen LogP contribution in [0.4, 0.5) is 5.95 Å². The summed E-state index contributed by atoms with van der Waals surface area (Å²) in [5.74, 6) is -0.490. The third-order valence-corrected chi connectivity index (χ3v) is 4.12. The van der Waals surface area contributed by atoms with E-state index < -0.39 is 5.91 Å². The van der Waals surface area contributed by atoms with E-state index >= 15 is 0 Å². The molecular formula is C16H17BrN8O2.